The Bertz CT molecular complexity index is 1310. The molecule has 0 aliphatic carbocycles. The summed E-state index contributed by atoms with van der Waals surface area (Å²) in [5.74, 6) is -0.660. The first-order valence-electron chi connectivity index (χ1n) is 10.7. The van der Waals surface area contributed by atoms with Crippen LogP contribution in [0.4, 0.5) is 0 Å². The highest BCUT2D eigenvalue weighted by Gasteiger charge is 2.22. The van der Waals surface area contributed by atoms with Crippen molar-refractivity contribution in [3.63, 3.8) is 0 Å². The highest BCUT2D eigenvalue weighted by Crippen LogP contribution is 2.13. The molecule has 2 N–H and O–H groups in total. The molecule has 4 aromatic rings. The van der Waals surface area contributed by atoms with Gasteiger partial charge < -0.3 is 0 Å². The standard InChI is InChI=1S/C25H24N4O4/c1-16-22(24(32)28(26-16)18-10-5-3-6-11-18)20(30)14-9-15-21(31)23-17(2)27-29(25(23)33)19-12-7-4-8-13-19/h3-8,10-13,26-27H,9,14-15H2,1-2H3. The van der Waals surface area contributed by atoms with E-state index in [1.165, 1.54) is 9.36 Å². The van der Waals surface area contributed by atoms with Crippen LogP contribution < -0.4 is 11.1 Å². The first-order valence-corrected chi connectivity index (χ1v) is 10.7. The van der Waals surface area contributed by atoms with Gasteiger partial charge in [-0.15, -0.1) is 0 Å². The van der Waals surface area contributed by atoms with Gasteiger partial charge in [0.15, 0.2) is 11.6 Å². The highest BCUT2D eigenvalue weighted by molar-refractivity contribution is 5.99. The van der Waals surface area contributed by atoms with Gasteiger partial charge in [0.25, 0.3) is 11.1 Å². The fourth-order valence-corrected chi connectivity index (χ4v) is 3.93. The summed E-state index contributed by atoms with van der Waals surface area (Å²) >= 11 is 0. The average Bonchev–Trinajstić information content (AvgIpc) is 3.29. The third-order valence-corrected chi connectivity index (χ3v) is 5.54. The molecule has 0 saturated carbocycles. The molecular formula is C25H24N4O4. The van der Waals surface area contributed by atoms with Gasteiger partial charge in [-0.2, -0.15) is 0 Å². The van der Waals surface area contributed by atoms with E-state index in [9.17, 15) is 19.2 Å². The number of carbonyl (C=O) groups excluding carboxylic acids is 2. The molecule has 33 heavy (non-hydrogen) atoms. The van der Waals surface area contributed by atoms with Crippen LogP contribution in [0, 0.1) is 13.8 Å². The number of Topliss-reactive ketones (excluding diaryl/α,β-unsaturated/α-hetero) is 2. The molecule has 0 aliphatic rings. The van der Waals surface area contributed by atoms with Crippen molar-refractivity contribution in [3.8, 4) is 11.4 Å². The number of hydrogen-bond acceptors (Lipinski definition) is 4. The molecule has 2 heterocycles. The largest absolute Gasteiger partial charge is 0.295 e. The summed E-state index contributed by atoms with van der Waals surface area (Å²) in [6.45, 7) is 3.35. The molecule has 0 atom stereocenters. The van der Waals surface area contributed by atoms with E-state index in [-0.39, 0.29) is 42.0 Å². The van der Waals surface area contributed by atoms with Crippen molar-refractivity contribution in [3.05, 3.63) is 104 Å². The number of hydrogen-bond donors (Lipinski definition) is 2. The average molecular weight is 444 g/mol. The van der Waals surface area contributed by atoms with Crippen LogP contribution in [0.25, 0.3) is 11.4 Å². The molecule has 0 bridgehead atoms. The van der Waals surface area contributed by atoms with Crippen LogP contribution in [-0.4, -0.2) is 31.1 Å². The molecule has 0 fully saturated rings. The second-order valence-electron chi connectivity index (χ2n) is 7.88. The van der Waals surface area contributed by atoms with Gasteiger partial charge in [-0.25, -0.2) is 9.36 Å². The summed E-state index contributed by atoms with van der Waals surface area (Å²) in [5.41, 5.74) is 1.59. The van der Waals surface area contributed by atoms with Crippen molar-refractivity contribution in [2.45, 2.75) is 33.1 Å². The van der Waals surface area contributed by atoms with Crippen molar-refractivity contribution in [2.75, 3.05) is 0 Å². The van der Waals surface area contributed by atoms with E-state index in [1.54, 1.807) is 62.4 Å². The van der Waals surface area contributed by atoms with Gasteiger partial charge >= 0.3 is 0 Å². The molecule has 0 saturated heterocycles. The minimum Gasteiger partial charge on any atom is -0.295 e. The molecule has 2 aromatic carbocycles. The molecule has 0 amide bonds. The van der Waals surface area contributed by atoms with Gasteiger partial charge in [-0.1, -0.05) is 36.4 Å². The Morgan fingerprint density at radius 2 is 1.03 bits per heavy atom. The van der Waals surface area contributed by atoms with Crippen molar-refractivity contribution >= 4 is 11.6 Å². The van der Waals surface area contributed by atoms with Gasteiger partial charge in [0, 0.05) is 24.2 Å². The Labute approximate surface area is 189 Å². The molecule has 8 nitrogen and oxygen atoms in total. The van der Waals surface area contributed by atoms with Crippen LogP contribution in [0.1, 0.15) is 51.4 Å². The summed E-state index contributed by atoms with van der Waals surface area (Å²) in [7, 11) is 0. The highest BCUT2D eigenvalue weighted by atomic mass is 16.2. The van der Waals surface area contributed by atoms with E-state index in [4.69, 9.17) is 0 Å². The van der Waals surface area contributed by atoms with Crippen LogP contribution in [0.15, 0.2) is 70.3 Å². The van der Waals surface area contributed by atoms with Crippen molar-refractivity contribution < 1.29 is 9.59 Å². The van der Waals surface area contributed by atoms with Gasteiger partial charge in [0.2, 0.25) is 0 Å². The van der Waals surface area contributed by atoms with E-state index >= 15 is 0 Å². The van der Waals surface area contributed by atoms with E-state index in [0.29, 0.717) is 22.8 Å². The van der Waals surface area contributed by atoms with Gasteiger partial charge in [0.1, 0.15) is 11.1 Å². The van der Waals surface area contributed by atoms with Crippen LogP contribution in [-0.2, 0) is 0 Å². The lowest BCUT2D eigenvalue weighted by Gasteiger charge is -2.00. The van der Waals surface area contributed by atoms with Crippen LogP contribution in [0.5, 0.6) is 0 Å². The minimum atomic E-state index is -0.415. The minimum absolute atomic E-state index is 0.0325. The van der Waals surface area contributed by atoms with Crippen LogP contribution in [0.3, 0.4) is 0 Å². The van der Waals surface area contributed by atoms with Crippen LogP contribution in [0.2, 0.25) is 0 Å². The third kappa shape index (κ3) is 4.27. The number of aromatic nitrogens is 4. The number of benzene rings is 2. The van der Waals surface area contributed by atoms with E-state index < -0.39 is 11.1 Å². The number of aromatic amines is 2. The van der Waals surface area contributed by atoms with Crippen molar-refractivity contribution in [2.24, 2.45) is 0 Å². The first kappa shape index (κ1) is 22.0. The van der Waals surface area contributed by atoms with E-state index in [1.807, 2.05) is 12.1 Å². The number of aryl methyl sites for hydroxylation is 2. The number of nitrogens with zero attached hydrogens (tertiary/aromatic N) is 2. The fraction of sp³-hybridized carbons (Fsp3) is 0.200. The normalized spacial score (nSPS) is 11.0. The van der Waals surface area contributed by atoms with Crippen LogP contribution >= 0.6 is 0 Å². The summed E-state index contributed by atoms with van der Waals surface area (Å²) in [6.07, 6.45) is 0.304. The molecule has 2 aromatic heterocycles. The predicted molar refractivity (Wildman–Crippen MR) is 125 cm³/mol. The fourth-order valence-electron chi connectivity index (χ4n) is 3.93. The predicted octanol–water partition coefficient (Wildman–Crippen LogP) is 3.50. The zero-order valence-corrected chi connectivity index (χ0v) is 18.4. The lowest BCUT2D eigenvalue weighted by molar-refractivity contribution is 0.0955. The lowest BCUT2D eigenvalue weighted by atomic mass is 10.0. The number of nitrogens with one attached hydrogen (secondary N) is 2. The second-order valence-corrected chi connectivity index (χ2v) is 7.88. The SMILES string of the molecule is Cc1[nH]n(-c2ccccc2)c(=O)c1C(=O)CCCC(=O)c1c(C)[nH]n(-c2ccccc2)c1=O. The molecule has 0 aliphatic heterocycles. The van der Waals surface area contributed by atoms with Crippen molar-refractivity contribution in [1.82, 2.24) is 19.6 Å². The number of H-pyrrole nitrogens is 2. The number of rotatable bonds is 8. The van der Waals surface area contributed by atoms with Gasteiger partial charge in [-0.05, 0) is 44.5 Å². The van der Waals surface area contributed by atoms with E-state index in [0.717, 1.165) is 0 Å². The Morgan fingerprint density at radius 3 is 1.39 bits per heavy atom. The lowest BCUT2D eigenvalue weighted by Crippen LogP contribution is -2.21. The zero-order chi connectivity index (χ0) is 23.5. The summed E-state index contributed by atoms with van der Waals surface area (Å²) in [6, 6.07) is 18.0. The molecule has 0 spiro atoms. The topological polar surface area (TPSA) is 110 Å². The van der Waals surface area contributed by atoms with Gasteiger partial charge in [-0.3, -0.25) is 29.4 Å². The van der Waals surface area contributed by atoms with E-state index in [2.05, 4.69) is 10.2 Å². The molecule has 0 radical (unpaired) electrons. The third-order valence-electron chi connectivity index (χ3n) is 5.54. The molecule has 0 unspecified atom stereocenters. The molecule has 8 heteroatoms. The van der Waals surface area contributed by atoms with Crippen molar-refractivity contribution in [1.29, 1.82) is 0 Å². The summed E-state index contributed by atoms with van der Waals surface area (Å²) in [4.78, 5) is 51.1. The molecular weight excluding hydrogens is 420 g/mol. The Kier molecular flexibility index (Phi) is 6.08. The number of para-hydroxylation sites is 2. The summed E-state index contributed by atoms with van der Waals surface area (Å²) < 4.78 is 2.67. The Morgan fingerprint density at radius 1 is 0.667 bits per heavy atom. The molecule has 4 rings (SSSR count). The number of carbonyl (C=O) groups is 2. The molecule has 168 valence electrons. The zero-order valence-electron chi connectivity index (χ0n) is 18.4. The smallest absolute Gasteiger partial charge is 0.282 e. The quantitative estimate of drug-likeness (QED) is 0.405. The Balaban J connectivity index is 1.46. The summed E-state index contributed by atoms with van der Waals surface area (Å²) in [5, 5.41) is 5.87. The maximum Gasteiger partial charge on any atom is 0.282 e. The Hall–Kier alpha value is -4.20. The number of ketones is 2. The first-order chi connectivity index (χ1) is 15.9. The second kappa shape index (κ2) is 9.12. The van der Waals surface area contributed by atoms with Gasteiger partial charge in [0.05, 0.1) is 11.4 Å². The maximum absolute atomic E-state index is 12.8. The maximum atomic E-state index is 12.8. The monoisotopic (exact) mass is 444 g/mol.